The molecule has 412 valence electrons. The molecular formula is C54H65ClN8O14. The van der Waals surface area contributed by atoms with Gasteiger partial charge in [0.05, 0.1) is 18.0 Å². The van der Waals surface area contributed by atoms with Crippen molar-refractivity contribution in [2.24, 2.45) is 13.0 Å². The fourth-order valence-corrected chi connectivity index (χ4v) is 9.65. The predicted octanol–water partition coefficient (Wildman–Crippen LogP) is 3.16. The topological polar surface area (TPSA) is 308 Å². The molecule has 0 aliphatic carbocycles. The Bertz CT molecular complexity index is 2870. The van der Waals surface area contributed by atoms with Crippen LogP contribution in [0.15, 0.2) is 79.0 Å². The highest BCUT2D eigenvalue weighted by Crippen LogP contribution is 2.46. The summed E-state index contributed by atoms with van der Waals surface area (Å²) >= 11 is 6.45. The van der Waals surface area contributed by atoms with Crippen LogP contribution in [0.2, 0.25) is 0 Å². The number of rotatable bonds is 23. The van der Waals surface area contributed by atoms with Crippen LogP contribution in [-0.4, -0.2) is 146 Å². The third-order valence-electron chi connectivity index (χ3n) is 13.6. The van der Waals surface area contributed by atoms with Crippen molar-refractivity contribution in [1.29, 1.82) is 0 Å². The van der Waals surface area contributed by atoms with Crippen LogP contribution in [0, 0.1) is 5.92 Å². The van der Waals surface area contributed by atoms with Crippen LogP contribution in [0.4, 0.5) is 22.7 Å². The van der Waals surface area contributed by atoms with E-state index in [1.165, 1.54) is 29.7 Å². The average molecular weight is 1090 g/mol. The number of carbonyl (C=O) groups is 8. The molecule has 23 heteroatoms. The Hall–Kier alpha value is -7.21. The molecule has 3 aromatic carbocycles. The first-order chi connectivity index (χ1) is 36.8. The lowest BCUT2D eigenvalue weighted by Crippen LogP contribution is -2.60. The number of unbranched alkanes of at least 4 members (excludes halogenated alkanes) is 2. The van der Waals surface area contributed by atoms with E-state index >= 15 is 0 Å². The number of aromatic nitrogens is 1. The van der Waals surface area contributed by atoms with Crippen molar-refractivity contribution in [3.05, 3.63) is 90.3 Å². The first-order valence-electron chi connectivity index (χ1n) is 25.5. The minimum atomic E-state index is -1.66. The number of fused-ring (bicyclic) bond motifs is 3. The number of hydrogen-bond acceptors (Lipinski definition) is 14. The molecule has 22 nitrogen and oxygen atoms in total. The Morgan fingerprint density at radius 2 is 1.42 bits per heavy atom. The molecule has 7 rings (SSSR count). The third kappa shape index (κ3) is 13.9. The van der Waals surface area contributed by atoms with Gasteiger partial charge in [-0.3, -0.25) is 43.3 Å². The summed E-state index contributed by atoms with van der Waals surface area (Å²) in [6, 6.07) is 14.8. The molecule has 0 radical (unpaired) electrons. The Labute approximate surface area is 449 Å². The fourth-order valence-electron chi connectivity index (χ4n) is 9.40. The monoisotopic (exact) mass is 1080 g/mol. The second-order valence-electron chi connectivity index (χ2n) is 19.7. The van der Waals surface area contributed by atoms with Gasteiger partial charge in [0.15, 0.2) is 0 Å². The molecule has 3 aliphatic rings. The smallest absolute Gasteiger partial charge is 0.272 e. The van der Waals surface area contributed by atoms with Gasteiger partial charge >= 0.3 is 0 Å². The molecule has 4 aromatic rings. The van der Waals surface area contributed by atoms with Crippen LogP contribution in [0.1, 0.15) is 87.7 Å². The number of nitrogens with one attached hydrogen (secondary N) is 5. The Morgan fingerprint density at radius 3 is 2.08 bits per heavy atom. The number of aliphatic hydroxyl groups is 4. The van der Waals surface area contributed by atoms with Crippen LogP contribution >= 0.6 is 11.6 Å². The molecule has 8 atom stereocenters. The van der Waals surface area contributed by atoms with Crippen molar-refractivity contribution in [1.82, 2.24) is 20.1 Å². The lowest BCUT2D eigenvalue weighted by atomic mass is 9.95. The summed E-state index contributed by atoms with van der Waals surface area (Å²) in [7, 11) is 1.64. The van der Waals surface area contributed by atoms with E-state index in [0.717, 1.165) is 15.8 Å². The highest BCUT2D eigenvalue weighted by molar-refractivity contribution is 6.19. The highest BCUT2D eigenvalue weighted by Gasteiger charge is 2.45. The van der Waals surface area contributed by atoms with Crippen molar-refractivity contribution in [3.63, 3.8) is 0 Å². The number of hydrogen-bond donors (Lipinski definition) is 9. The molecule has 0 bridgehead atoms. The number of nitrogens with zero attached hydrogens (tertiary/aromatic N) is 3. The summed E-state index contributed by atoms with van der Waals surface area (Å²) < 4.78 is 13.3. The molecule has 77 heavy (non-hydrogen) atoms. The van der Waals surface area contributed by atoms with Gasteiger partial charge in [-0.1, -0.05) is 44.5 Å². The summed E-state index contributed by atoms with van der Waals surface area (Å²) in [5.74, 6) is -3.36. The van der Waals surface area contributed by atoms with Gasteiger partial charge in [0, 0.05) is 92.4 Å². The van der Waals surface area contributed by atoms with Gasteiger partial charge in [0.25, 0.3) is 17.7 Å². The van der Waals surface area contributed by atoms with Crippen molar-refractivity contribution in [2.45, 2.75) is 114 Å². The predicted molar refractivity (Wildman–Crippen MR) is 284 cm³/mol. The Kier molecular flexibility index (Phi) is 19.2. The number of benzene rings is 3. The number of halogens is 1. The summed E-state index contributed by atoms with van der Waals surface area (Å²) in [6.45, 7) is 4.93. The minimum absolute atomic E-state index is 0.00276. The number of amides is 8. The summed E-state index contributed by atoms with van der Waals surface area (Å²) in [5.41, 5.74) is 2.70. The summed E-state index contributed by atoms with van der Waals surface area (Å²) in [4.78, 5) is 105. The Morgan fingerprint density at radius 1 is 0.753 bits per heavy atom. The second kappa shape index (κ2) is 25.8. The zero-order chi connectivity index (χ0) is 55.7. The number of aliphatic hydroxyl groups excluding tert-OH is 4. The molecule has 1 saturated heterocycles. The molecule has 0 spiro atoms. The summed E-state index contributed by atoms with van der Waals surface area (Å²) in [5, 5.41) is 56.2. The molecule has 1 aromatic heterocycles. The number of imide groups is 1. The average Bonchev–Trinajstić information content (AvgIpc) is 4.12. The molecule has 1 fully saturated rings. The van der Waals surface area contributed by atoms with E-state index in [1.807, 2.05) is 12.1 Å². The summed E-state index contributed by atoms with van der Waals surface area (Å²) in [6.07, 6.45) is -1.60. The number of alkyl halides is 1. The number of aryl methyl sites for hydroxylation is 1. The van der Waals surface area contributed by atoms with E-state index in [1.54, 1.807) is 74.5 Å². The molecule has 9 N–H and O–H groups in total. The number of anilines is 4. The quantitative estimate of drug-likeness (QED) is 0.0293. The van der Waals surface area contributed by atoms with Crippen LogP contribution in [0.5, 0.6) is 5.75 Å². The van der Waals surface area contributed by atoms with Gasteiger partial charge in [0.2, 0.25) is 35.8 Å². The van der Waals surface area contributed by atoms with Gasteiger partial charge in [-0.05, 0) is 73.4 Å². The first-order valence-corrected chi connectivity index (χ1v) is 26.0. The van der Waals surface area contributed by atoms with E-state index in [0.29, 0.717) is 47.4 Å². The van der Waals surface area contributed by atoms with E-state index in [4.69, 9.17) is 21.1 Å². The number of ether oxygens (including phenoxy) is 2. The standard InChI is InChI=1S/C54H65ClN8O14/c1-29(2)47(60-42(66)13-6-5-9-22-62-44(68)20-21-45(62)69)53(75)56-30(3)51(73)58-32-16-18-33(19-17-32)59-52(74)38-23-34(27-61(38)4)57-41(65)14-10-15-43(67)63-26-31(25-55)46-36-12-8-7-11-35(36)39(24-37(46)63)76-54-50(72)49(71)48(70)40(28-64)77-54/h7-8,11-12,16-21,23-24,27,29-31,40,47-50,54,64,70-72H,5-6,9-10,13-15,22,25-26,28H2,1-4H3,(H,56,75)(H,57,65)(H,58,73)(H,59,74)(H,60,66)/t30-,31+,40+,47-,48-,49-,50+,54+/m0/s1. The van der Waals surface area contributed by atoms with Crippen molar-refractivity contribution >= 4 is 92.4 Å². The largest absolute Gasteiger partial charge is 0.461 e. The van der Waals surface area contributed by atoms with Gasteiger partial charge < -0.3 is 66.0 Å². The number of carbonyl (C=O) groups excluding carboxylic acids is 8. The SMILES string of the molecule is CC(C)[C@H](NC(=O)CCCCCN1C(=O)C=CC1=O)C(=O)N[C@@H](C)C(=O)Nc1ccc(NC(=O)c2cc(NC(=O)CCCC(=O)N3C[C@@H](CCl)c4c3cc(O[C@@H]3O[C@H](CO)[C@H](O)[C@H](O)[C@H]3O)c3ccccc43)cn2C)cc1. The second-order valence-corrected chi connectivity index (χ2v) is 20.0. The third-order valence-corrected chi connectivity index (χ3v) is 14.0. The van der Waals surface area contributed by atoms with E-state index in [9.17, 15) is 58.8 Å². The van der Waals surface area contributed by atoms with E-state index in [2.05, 4.69) is 26.6 Å². The van der Waals surface area contributed by atoms with Gasteiger partial charge in [0.1, 0.15) is 47.9 Å². The van der Waals surface area contributed by atoms with E-state index in [-0.39, 0.29) is 97.5 Å². The van der Waals surface area contributed by atoms with Gasteiger partial charge in [-0.2, -0.15) is 0 Å². The molecule has 0 saturated carbocycles. The molecule has 8 amide bonds. The van der Waals surface area contributed by atoms with Crippen LogP contribution in [0.25, 0.3) is 10.8 Å². The highest BCUT2D eigenvalue weighted by atomic mass is 35.5. The zero-order valence-electron chi connectivity index (χ0n) is 43.1. The zero-order valence-corrected chi connectivity index (χ0v) is 43.8. The molecule has 4 heterocycles. The van der Waals surface area contributed by atoms with Crippen LogP contribution in [0.3, 0.4) is 0 Å². The fraction of sp³-hybridized carbons (Fsp3) is 0.444. The lowest BCUT2D eigenvalue weighted by Gasteiger charge is -2.39. The maximum Gasteiger partial charge on any atom is 0.272 e. The minimum Gasteiger partial charge on any atom is -0.461 e. The molecule has 3 aliphatic heterocycles. The van der Waals surface area contributed by atoms with Crippen LogP contribution < -0.4 is 36.2 Å². The van der Waals surface area contributed by atoms with Crippen molar-refractivity contribution in [3.8, 4) is 5.75 Å². The lowest BCUT2D eigenvalue weighted by molar-refractivity contribution is -0.277. The van der Waals surface area contributed by atoms with Crippen LogP contribution in [-0.2, 0) is 45.3 Å². The maximum atomic E-state index is 13.8. The normalized spacial score (nSPS) is 20.7. The van der Waals surface area contributed by atoms with Gasteiger partial charge in [-0.15, -0.1) is 11.6 Å². The maximum absolute atomic E-state index is 13.8. The van der Waals surface area contributed by atoms with Crippen molar-refractivity contribution < 1.29 is 68.3 Å². The first kappa shape index (κ1) is 57.5. The van der Waals surface area contributed by atoms with Gasteiger partial charge in [-0.25, -0.2) is 0 Å². The molecule has 0 unspecified atom stereocenters. The van der Waals surface area contributed by atoms with E-state index < -0.39 is 67.1 Å². The molecular weight excluding hydrogens is 1020 g/mol. The Balaban J connectivity index is 0.857. The van der Waals surface area contributed by atoms with Crippen molar-refractivity contribution in [2.75, 3.05) is 46.4 Å².